The number of ether oxygens (including phenoxy) is 1. The number of furan rings is 1. The summed E-state index contributed by atoms with van der Waals surface area (Å²) in [4.78, 5) is 14.4. The number of nitrogens with two attached hydrogens (primary N) is 1. The Balaban J connectivity index is 1.82. The summed E-state index contributed by atoms with van der Waals surface area (Å²) in [5.74, 6) is 0.948. The zero-order valence-corrected chi connectivity index (χ0v) is 13.7. The van der Waals surface area contributed by atoms with E-state index in [-0.39, 0.29) is 18.1 Å². The number of rotatable bonds is 2. The van der Waals surface area contributed by atoms with E-state index in [9.17, 15) is 4.79 Å². The third-order valence-corrected chi connectivity index (χ3v) is 4.04. The zero-order valence-electron chi connectivity index (χ0n) is 13.7. The first kappa shape index (κ1) is 15.6. The quantitative estimate of drug-likeness (QED) is 0.865. The molecule has 0 aliphatic carbocycles. The number of amides is 1. The van der Waals surface area contributed by atoms with Gasteiger partial charge in [0.1, 0.15) is 5.76 Å². The molecule has 1 aromatic carbocycles. The maximum Gasteiger partial charge on any atom is 0.289 e. The van der Waals surface area contributed by atoms with Crippen LogP contribution in [-0.2, 0) is 4.74 Å². The SMILES string of the molecule is Cc1cc(N)ccc1-c1ccc(C(=O)N2C[C@@H](C)O[C@H](C)C2)o1. The van der Waals surface area contributed by atoms with Gasteiger partial charge in [-0.05, 0) is 56.7 Å². The number of nitrogen functional groups attached to an aromatic ring is 1. The number of anilines is 1. The minimum Gasteiger partial charge on any atom is -0.451 e. The summed E-state index contributed by atoms with van der Waals surface area (Å²) in [6.07, 6.45) is 0.0768. The number of carbonyl (C=O) groups is 1. The molecule has 1 amide bonds. The van der Waals surface area contributed by atoms with Crippen LogP contribution < -0.4 is 5.73 Å². The van der Waals surface area contributed by atoms with Gasteiger partial charge in [0, 0.05) is 24.3 Å². The minimum atomic E-state index is -0.0913. The predicted molar refractivity (Wildman–Crippen MR) is 89.2 cm³/mol. The van der Waals surface area contributed by atoms with Crippen molar-refractivity contribution in [1.82, 2.24) is 4.90 Å². The Bertz CT molecular complexity index is 713. The average molecular weight is 314 g/mol. The molecule has 3 rings (SSSR count). The van der Waals surface area contributed by atoms with Crippen LogP contribution in [0.1, 0.15) is 30.0 Å². The lowest BCUT2D eigenvalue weighted by atomic mass is 10.1. The Morgan fingerprint density at radius 2 is 1.87 bits per heavy atom. The predicted octanol–water partition coefficient (Wildman–Crippen LogP) is 3.09. The molecule has 1 aromatic heterocycles. The fraction of sp³-hybridized carbons (Fsp3) is 0.389. The molecule has 23 heavy (non-hydrogen) atoms. The molecule has 0 saturated carbocycles. The van der Waals surface area contributed by atoms with Gasteiger partial charge in [0.05, 0.1) is 12.2 Å². The van der Waals surface area contributed by atoms with Crippen molar-refractivity contribution < 1.29 is 13.9 Å². The van der Waals surface area contributed by atoms with E-state index in [1.807, 2.05) is 45.0 Å². The van der Waals surface area contributed by atoms with Crippen LogP contribution in [0, 0.1) is 6.92 Å². The van der Waals surface area contributed by atoms with Crippen LogP contribution in [-0.4, -0.2) is 36.1 Å². The molecule has 0 bridgehead atoms. The molecule has 1 saturated heterocycles. The lowest BCUT2D eigenvalue weighted by Gasteiger charge is -2.34. The molecule has 0 unspecified atom stereocenters. The molecule has 0 radical (unpaired) electrons. The molecule has 2 aromatic rings. The highest BCUT2D eigenvalue weighted by Crippen LogP contribution is 2.27. The summed E-state index contributed by atoms with van der Waals surface area (Å²) in [6.45, 7) is 7.09. The van der Waals surface area contributed by atoms with Crippen LogP contribution in [0.3, 0.4) is 0 Å². The Hall–Kier alpha value is -2.27. The van der Waals surface area contributed by atoms with Crippen LogP contribution in [0.4, 0.5) is 5.69 Å². The number of carbonyl (C=O) groups excluding carboxylic acids is 1. The lowest BCUT2D eigenvalue weighted by molar-refractivity contribution is -0.0592. The molecule has 5 heteroatoms. The third kappa shape index (κ3) is 3.24. The molecule has 1 aliphatic heterocycles. The van der Waals surface area contributed by atoms with E-state index < -0.39 is 0 Å². The van der Waals surface area contributed by atoms with Gasteiger partial charge in [-0.1, -0.05) is 0 Å². The first-order valence-corrected chi connectivity index (χ1v) is 7.85. The van der Waals surface area contributed by atoms with Crippen molar-refractivity contribution >= 4 is 11.6 Å². The van der Waals surface area contributed by atoms with Crippen molar-refractivity contribution in [2.45, 2.75) is 33.0 Å². The minimum absolute atomic E-state index is 0.0384. The molecule has 0 spiro atoms. The largest absolute Gasteiger partial charge is 0.451 e. The van der Waals surface area contributed by atoms with Gasteiger partial charge in [0.15, 0.2) is 5.76 Å². The smallest absolute Gasteiger partial charge is 0.289 e. The summed E-state index contributed by atoms with van der Waals surface area (Å²) in [5.41, 5.74) is 8.46. The van der Waals surface area contributed by atoms with E-state index in [1.54, 1.807) is 11.0 Å². The Labute approximate surface area is 136 Å². The van der Waals surface area contributed by atoms with Crippen molar-refractivity contribution in [3.63, 3.8) is 0 Å². The first-order valence-electron chi connectivity index (χ1n) is 7.85. The van der Waals surface area contributed by atoms with Gasteiger partial charge in [-0.15, -0.1) is 0 Å². The summed E-state index contributed by atoms with van der Waals surface area (Å²) >= 11 is 0. The van der Waals surface area contributed by atoms with Crippen molar-refractivity contribution in [2.75, 3.05) is 18.8 Å². The van der Waals surface area contributed by atoms with E-state index in [0.717, 1.165) is 11.1 Å². The van der Waals surface area contributed by atoms with Crippen molar-refractivity contribution in [3.8, 4) is 11.3 Å². The van der Waals surface area contributed by atoms with Crippen molar-refractivity contribution in [2.24, 2.45) is 0 Å². The second-order valence-electron chi connectivity index (χ2n) is 6.21. The van der Waals surface area contributed by atoms with Crippen LogP contribution in [0.5, 0.6) is 0 Å². The van der Waals surface area contributed by atoms with Crippen LogP contribution in [0.2, 0.25) is 0 Å². The summed E-state index contributed by atoms with van der Waals surface area (Å²) < 4.78 is 11.5. The Kier molecular flexibility index (Phi) is 4.13. The molecular weight excluding hydrogens is 292 g/mol. The first-order chi connectivity index (χ1) is 10.9. The van der Waals surface area contributed by atoms with Crippen molar-refractivity contribution in [1.29, 1.82) is 0 Å². The summed E-state index contributed by atoms with van der Waals surface area (Å²) in [7, 11) is 0. The van der Waals surface area contributed by atoms with Gasteiger partial charge in [0.2, 0.25) is 0 Å². The van der Waals surface area contributed by atoms with Gasteiger partial charge in [-0.3, -0.25) is 4.79 Å². The molecule has 122 valence electrons. The molecule has 1 fully saturated rings. The third-order valence-electron chi connectivity index (χ3n) is 4.04. The standard InChI is InChI=1S/C18H22N2O3/c1-11-8-14(19)4-5-15(11)16-6-7-17(23-16)18(21)20-9-12(2)22-13(3)10-20/h4-8,12-13H,9-10,19H2,1-3H3/t12-,13-/m1/s1. The monoisotopic (exact) mass is 314 g/mol. The van der Waals surface area contributed by atoms with Crippen LogP contribution in [0.25, 0.3) is 11.3 Å². The molecule has 2 heterocycles. The van der Waals surface area contributed by atoms with Gasteiger partial charge >= 0.3 is 0 Å². The average Bonchev–Trinajstić information content (AvgIpc) is 2.95. The highest BCUT2D eigenvalue weighted by atomic mass is 16.5. The van der Waals surface area contributed by atoms with Gasteiger partial charge in [0.25, 0.3) is 5.91 Å². The summed E-state index contributed by atoms with van der Waals surface area (Å²) in [5, 5.41) is 0. The second-order valence-corrected chi connectivity index (χ2v) is 6.21. The van der Waals surface area contributed by atoms with Gasteiger partial charge in [-0.25, -0.2) is 0 Å². The fourth-order valence-corrected chi connectivity index (χ4v) is 3.06. The van der Waals surface area contributed by atoms with Gasteiger partial charge in [-0.2, -0.15) is 0 Å². The normalized spacial score (nSPS) is 21.4. The molecule has 5 nitrogen and oxygen atoms in total. The van der Waals surface area contributed by atoms with E-state index in [4.69, 9.17) is 14.9 Å². The lowest BCUT2D eigenvalue weighted by Crippen LogP contribution is -2.48. The fourth-order valence-electron chi connectivity index (χ4n) is 3.06. The maximum absolute atomic E-state index is 12.6. The number of nitrogens with zero attached hydrogens (tertiary/aromatic N) is 1. The number of hydrogen-bond acceptors (Lipinski definition) is 4. The zero-order chi connectivity index (χ0) is 16.6. The number of benzene rings is 1. The maximum atomic E-state index is 12.6. The van der Waals surface area contributed by atoms with E-state index in [2.05, 4.69) is 0 Å². The van der Waals surface area contributed by atoms with E-state index in [0.29, 0.717) is 30.3 Å². The van der Waals surface area contributed by atoms with Crippen molar-refractivity contribution in [3.05, 3.63) is 41.7 Å². The molecule has 1 aliphatic rings. The molecule has 2 atom stereocenters. The molecular formula is C18H22N2O3. The highest BCUT2D eigenvalue weighted by Gasteiger charge is 2.28. The second kappa shape index (κ2) is 6.08. The summed E-state index contributed by atoms with van der Waals surface area (Å²) in [6, 6.07) is 9.20. The van der Waals surface area contributed by atoms with E-state index >= 15 is 0 Å². The Morgan fingerprint density at radius 1 is 1.17 bits per heavy atom. The topological polar surface area (TPSA) is 68.7 Å². The van der Waals surface area contributed by atoms with Crippen LogP contribution >= 0.6 is 0 Å². The highest BCUT2D eigenvalue weighted by molar-refractivity contribution is 5.92. The number of hydrogen-bond donors (Lipinski definition) is 1. The Morgan fingerprint density at radius 3 is 2.52 bits per heavy atom. The molecule has 2 N–H and O–H groups in total. The number of aryl methyl sites for hydroxylation is 1. The number of morpholine rings is 1. The van der Waals surface area contributed by atoms with Crippen LogP contribution in [0.15, 0.2) is 34.7 Å². The van der Waals surface area contributed by atoms with Gasteiger partial charge < -0.3 is 19.8 Å². The van der Waals surface area contributed by atoms with E-state index in [1.165, 1.54) is 0 Å².